The predicted octanol–water partition coefficient (Wildman–Crippen LogP) is 4.57. The highest BCUT2D eigenvalue weighted by Gasteiger charge is 2.03. The van der Waals surface area contributed by atoms with Crippen molar-refractivity contribution in [3.8, 4) is 17.0 Å². The van der Waals surface area contributed by atoms with Crippen LogP contribution in [0.25, 0.3) is 11.3 Å². The summed E-state index contributed by atoms with van der Waals surface area (Å²) >= 11 is 1.53. The normalized spacial score (nSPS) is 10.9. The molecule has 1 N–H and O–H groups in total. The largest absolute Gasteiger partial charge is 0.497 e. The average molecular weight is 323 g/mol. The molecule has 0 aliphatic heterocycles. The number of hydrogen-bond acceptors (Lipinski definition) is 5. The van der Waals surface area contributed by atoms with Gasteiger partial charge in [0.1, 0.15) is 5.75 Å². The quantitative estimate of drug-likeness (QED) is 0.552. The predicted molar refractivity (Wildman–Crippen MR) is 96.5 cm³/mol. The Morgan fingerprint density at radius 1 is 1.17 bits per heavy atom. The molecule has 0 saturated carbocycles. The van der Waals surface area contributed by atoms with Crippen LogP contribution in [0.5, 0.6) is 5.75 Å². The smallest absolute Gasteiger partial charge is 0.203 e. The van der Waals surface area contributed by atoms with Crippen LogP contribution < -0.4 is 10.2 Å². The summed E-state index contributed by atoms with van der Waals surface area (Å²) in [5, 5.41) is 7.01. The lowest BCUT2D eigenvalue weighted by Gasteiger charge is -1.99. The summed E-state index contributed by atoms with van der Waals surface area (Å²) in [6, 6.07) is 16.0. The van der Waals surface area contributed by atoms with Crippen molar-refractivity contribution >= 4 is 22.7 Å². The average Bonchev–Trinajstić information content (AvgIpc) is 3.04. The highest BCUT2D eigenvalue weighted by atomic mass is 32.1. The van der Waals surface area contributed by atoms with Crippen molar-refractivity contribution in [1.29, 1.82) is 0 Å². The van der Waals surface area contributed by atoms with Gasteiger partial charge in [-0.05, 0) is 24.6 Å². The van der Waals surface area contributed by atoms with Crippen molar-refractivity contribution in [1.82, 2.24) is 4.98 Å². The molecule has 0 bridgehead atoms. The second kappa shape index (κ2) is 7.07. The van der Waals surface area contributed by atoms with Crippen molar-refractivity contribution < 1.29 is 4.74 Å². The molecule has 1 aromatic heterocycles. The van der Waals surface area contributed by atoms with Crippen molar-refractivity contribution in [3.63, 3.8) is 0 Å². The van der Waals surface area contributed by atoms with Crippen LogP contribution in [0.1, 0.15) is 11.1 Å². The molecule has 0 atom stereocenters. The molecule has 4 nitrogen and oxygen atoms in total. The van der Waals surface area contributed by atoms with E-state index in [4.69, 9.17) is 4.74 Å². The number of nitrogens with one attached hydrogen (secondary N) is 1. The van der Waals surface area contributed by atoms with Gasteiger partial charge in [0.2, 0.25) is 5.13 Å². The third kappa shape index (κ3) is 3.96. The molecule has 2 aromatic carbocycles. The van der Waals surface area contributed by atoms with Crippen LogP contribution >= 0.6 is 11.3 Å². The lowest BCUT2D eigenvalue weighted by Crippen LogP contribution is -1.91. The summed E-state index contributed by atoms with van der Waals surface area (Å²) in [5.74, 6) is 0.810. The molecule has 0 spiro atoms. The molecule has 0 amide bonds. The van der Waals surface area contributed by atoms with Crippen LogP contribution in [-0.2, 0) is 0 Å². The Bertz CT molecular complexity index is 809. The maximum absolute atomic E-state index is 5.19. The van der Waals surface area contributed by atoms with Crippen LogP contribution in [0.2, 0.25) is 0 Å². The first-order valence-corrected chi connectivity index (χ1v) is 8.08. The van der Waals surface area contributed by atoms with E-state index >= 15 is 0 Å². The lowest BCUT2D eigenvalue weighted by molar-refractivity contribution is 0.415. The number of hydrogen-bond donors (Lipinski definition) is 1. The number of nitrogens with zero attached hydrogens (tertiary/aromatic N) is 2. The van der Waals surface area contributed by atoms with Gasteiger partial charge >= 0.3 is 0 Å². The number of anilines is 1. The molecule has 116 valence electrons. The third-order valence-corrected chi connectivity index (χ3v) is 4.07. The molecule has 1 heterocycles. The van der Waals surface area contributed by atoms with Crippen LogP contribution in [-0.4, -0.2) is 18.3 Å². The summed E-state index contributed by atoms with van der Waals surface area (Å²) in [4.78, 5) is 4.54. The zero-order valence-electron chi connectivity index (χ0n) is 13.0. The van der Waals surface area contributed by atoms with Gasteiger partial charge in [0.15, 0.2) is 0 Å². The Balaban J connectivity index is 1.67. The summed E-state index contributed by atoms with van der Waals surface area (Å²) in [5.41, 5.74) is 7.23. The fourth-order valence-corrected chi connectivity index (χ4v) is 2.73. The van der Waals surface area contributed by atoms with E-state index in [-0.39, 0.29) is 0 Å². The first-order chi connectivity index (χ1) is 11.2. The first-order valence-electron chi connectivity index (χ1n) is 7.20. The van der Waals surface area contributed by atoms with Gasteiger partial charge in [0, 0.05) is 10.9 Å². The standard InChI is InChI=1S/C18H17N3OS/c1-13-6-8-15(9-7-13)17-12-23-18(20-17)21-19-11-14-4-3-5-16(10-14)22-2/h3-12H,1-2H3,(H,20,21)/b19-11+. The molecule has 0 aliphatic carbocycles. The Kier molecular flexibility index (Phi) is 4.68. The van der Waals surface area contributed by atoms with Crippen molar-refractivity contribution in [2.45, 2.75) is 6.92 Å². The maximum atomic E-state index is 5.19. The van der Waals surface area contributed by atoms with E-state index in [2.05, 4.69) is 46.7 Å². The number of aryl methyl sites for hydroxylation is 1. The lowest BCUT2D eigenvalue weighted by atomic mass is 10.1. The van der Waals surface area contributed by atoms with Crippen LogP contribution in [0.15, 0.2) is 59.0 Å². The second-order valence-corrected chi connectivity index (χ2v) is 5.91. The Morgan fingerprint density at radius 3 is 2.78 bits per heavy atom. The molecule has 3 rings (SSSR count). The minimum atomic E-state index is 0.764. The zero-order valence-corrected chi connectivity index (χ0v) is 13.8. The summed E-state index contributed by atoms with van der Waals surface area (Å²) in [7, 11) is 1.65. The zero-order chi connectivity index (χ0) is 16.1. The number of thiazole rings is 1. The van der Waals surface area contributed by atoms with Crippen molar-refractivity contribution in [3.05, 3.63) is 65.0 Å². The minimum Gasteiger partial charge on any atom is -0.497 e. The van der Waals surface area contributed by atoms with Gasteiger partial charge in [-0.15, -0.1) is 11.3 Å². The second-order valence-electron chi connectivity index (χ2n) is 5.05. The number of methoxy groups -OCH3 is 1. The van der Waals surface area contributed by atoms with Crippen molar-refractivity contribution in [2.75, 3.05) is 12.5 Å². The number of rotatable bonds is 5. The fraction of sp³-hybridized carbons (Fsp3) is 0.111. The van der Waals surface area contributed by atoms with E-state index in [0.29, 0.717) is 0 Å². The molecule has 0 aliphatic rings. The summed E-state index contributed by atoms with van der Waals surface area (Å²) in [6.07, 6.45) is 1.75. The van der Waals surface area contributed by atoms with Gasteiger partial charge in [-0.1, -0.05) is 42.0 Å². The molecule has 5 heteroatoms. The topological polar surface area (TPSA) is 46.5 Å². The minimum absolute atomic E-state index is 0.764. The molecular weight excluding hydrogens is 306 g/mol. The van der Waals surface area contributed by atoms with Gasteiger partial charge in [-0.3, -0.25) is 5.43 Å². The Morgan fingerprint density at radius 2 is 2.00 bits per heavy atom. The number of benzene rings is 2. The molecule has 0 unspecified atom stereocenters. The third-order valence-electron chi connectivity index (χ3n) is 3.32. The van der Waals surface area contributed by atoms with E-state index in [9.17, 15) is 0 Å². The summed E-state index contributed by atoms with van der Waals surface area (Å²) in [6.45, 7) is 2.07. The van der Waals surface area contributed by atoms with Crippen molar-refractivity contribution in [2.24, 2.45) is 5.10 Å². The number of hydrazone groups is 1. The molecule has 0 radical (unpaired) electrons. The van der Waals surface area contributed by atoms with E-state index in [1.807, 2.05) is 29.6 Å². The Labute approximate surface area is 139 Å². The highest BCUT2D eigenvalue weighted by molar-refractivity contribution is 7.14. The number of ether oxygens (including phenoxy) is 1. The van der Waals surface area contributed by atoms with Gasteiger partial charge in [0.25, 0.3) is 0 Å². The highest BCUT2D eigenvalue weighted by Crippen LogP contribution is 2.25. The van der Waals surface area contributed by atoms with E-state index < -0.39 is 0 Å². The van der Waals surface area contributed by atoms with Crippen LogP contribution in [0.4, 0.5) is 5.13 Å². The van der Waals surface area contributed by atoms with Gasteiger partial charge in [-0.25, -0.2) is 4.98 Å². The first kappa shape index (κ1) is 15.2. The molecule has 3 aromatic rings. The van der Waals surface area contributed by atoms with Gasteiger partial charge in [-0.2, -0.15) is 5.10 Å². The Hall–Kier alpha value is -2.66. The van der Waals surface area contributed by atoms with Crippen LogP contribution in [0, 0.1) is 6.92 Å². The van der Waals surface area contributed by atoms with Gasteiger partial charge < -0.3 is 4.74 Å². The fourth-order valence-electron chi connectivity index (χ4n) is 2.07. The molecule has 0 saturated heterocycles. The molecule has 0 fully saturated rings. The summed E-state index contributed by atoms with van der Waals surface area (Å²) < 4.78 is 5.19. The van der Waals surface area contributed by atoms with Gasteiger partial charge in [0.05, 0.1) is 19.0 Å². The van der Waals surface area contributed by atoms with E-state index in [1.54, 1.807) is 13.3 Å². The monoisotopic (exact) mass is 323 g/mol. The SMILES string of the molecule is COc1cccc(/C=N/Nc2nc(-c3ccc(C)cc3)cs2)c1. The van der Waals surface area contributed by atoms with E-state index in [1.165, 1.54) is 16.9 Å². The van der Waals surface area contributed by atoms with Crippen LogP contribution in [0.3, 0.4) is 0 Å². The number of aromatic nitrogens is 1. The molecular formula is C18H17N3OS. The maximum Gasteiger partial charge on any atom is 0.203 e. The van der Waals surface area contributed by atoms with E-state index in [0.717, 1.165) is 27.7 Å². The molecule has 23 heavy (non-hydrogen) atoms.